The predicted octanol–water partition coefficient (Wildman–Crippen LogP) is 1.36. The van der Waals surface area contributed by atoms with E-state index < -0.39 is 11.9 Å². The van der Waals surface area contributed by atoms with Crippen LogP contribution in [-0.4, -0.2) is 22.0 Å². The van der Waals surface area contributed by atoms with Gasteiger partial charge < -0.3 is 15.8 Å². The molecule has 0 aliphatic carbocycles. The first-order chi connectivity index (χ1) is 7.50. The number of nitrogens with one attached hydrogen (secondary N) is 1. The molecule has 0 saturated carbocycles. The van der Waals surface area contributed by atoms with Gasteiger partial charge in [-0.15, -0.1) is 0 Å². The second-order valence-electron chi connectivity index (χ2n) is 3.16. The fraction of sp³-hybridized carbons (Fsp3) is 0.0909. The standard InChI is InChI=1S/C9H8N2O.C2H4O2/c10-9(12)7-2-1-6-3-4-11-8(6)5-7;1-2(3)4/h1-5,11H,(H2,10,12);1H3,(H,3,4). The second-order valence-corrected chi connectivity index (χ2v) is 3.16. The third-order valence-corrected chi connectivity index (χ3v) is 1.84. The molecule has 84 valence electrons. The number of aliphatic carboxylic acids is 1. The van der Waals surface area contributed by atoms with Gasteiger partial charge in [-0.1, -0.05) is 6.07 Å². The largest absolute Gasteiger partial charge is 0.481 e. The average molecular weight is 220 g/mol. The van der Waals surface area contributed by atoms with Crippen LogP contribution in [0.25, 0.3) is 10.9 Å². The van der Waals surface area contributed by atoms with E-state index in [-0.39, 0.29) is 0 Å². The molecular weight excluding hydrogens is 208 g/mol. The second kappa shape index (κ2) is 4.97. The minimum Gasteiger partial charge on any atom is -0.481 e. The lowest BCUT2D eigenvalue weighted by molar-refractivity contribution is -0.134. The molecule has 1 amide bonds. The number of nitrogens with two attached hydrogens (primary N) is 1. The number of hydrogen-bond donors (Lipinski definition) is 3. The maximum absolute atomic E-state index is 10.8. The zero-order valence-corrected chi connectivity index (χ0v) is 8.73. The van der Waals surface area contributed by atoms with Gasteiger partial charge in [0.2, 0.25) is 5.91 Å². The molecule has 0 aliphatic heterocycles. The molecule has 0 fully saturated rings. The van der Waals surface area contributed by atoms with Crippen LogP contribution in [0.3, 0.4) is 0 Å². The number of carboxylic acids is 1. The summed E-state index contributed by atoms with van der Waals surface area (Å²) in [4.78, 5) is 22.8. The molecule has 5 heteroatoms. The molecule has 0 atom stereocenters. The molecule has 5 nitrogen and oxygen atoms in total. The van der Waals surface area contributed by atoms with Gasteiger partial charge in [-0.25, -0.2) is 0 Å². The molecule has 0 spiro atoms. The average Bonchev–Trinajstić information content (AvgIpc) is 2.62. The molecule has 0 saturated heterocycles. The molecule has 0 radical (unpaired) electrons. The van der Waals surface area contributed by atoms with Crippen molar-refractivity contribution in [2.45, 2.75) is 6.92 Å². The minimum atomic E-state index is -0.833. The van der Waals surface area contributed by atoms with E-state index in [1.54, 1.807) is 12.1 Å². The number of aromatic amines is 1. The molecule has 16 heavy (non-hydrogen) atoms. The summed E-state index contributed by atoms with van der Waals surface area (Å²) in [6, 6.07) is 7.28. The van der Waals surface area contributed by atoms with Crippen molar-refractivity contribution in [3.8, 4) is 0 Å². The quantitative estimate of drug-likeness (QED) is 0.676. The molecule has 0 unspecified atom stereocenters. The van der Waals surface area contributed by atoms with Gasteiger partial charge in [0.15, 0.2) is 0 Å². The van der Waals surface area contributed by atoms with Crippen molar-refractivity contribution < 1.29 is 14.7 Å². The highest BCUT2D eigenvalue weighted by Crippen LogP contribution is 2.13. The maximum Gasteiger partial charge on any atom is 0.300 e. The molecule has 1 aromatic heterocycles. The Morgan fingerprint density at radius 2 is 1.94 bits per heavy atom. The summed E-state index contributed by atoms with van der Waals surface area (Å²) in [5, 5.41) is 8.50. The molecule has 4 N–H and O–H groups in total. The van der Waals surface area contributed by atoms with Crippen molar-refractivity contribution in [2.75, 3.05) is 0 Å². The van der Waals surface area contributed by atoms with Gasteiger partial charge in [0, 0.05) is 24.2 Å². The zero-order chi connectivity index (χ0) is 12.1. The van der Waals surface area contributed by atoms with Gasteiger partial charge in [0.1, 0.15) is 0 Å². The first-order valence-electron chi connectivity index (χ1n) is 4.57. The summed E-state index contributed by atoms with van der Waals surface area (Å²) in [5.41, 5.74) is 6.59. The smallest absolute Gasteiger partial charge is 0.300 e. The Hall–Kier alpha value is -2.30. The maximum atomic E-state index is 10.8. The molecule has 1 heterocycles. The SMILES string of the molecule is CC(=O)O.NC(=O)c1ccc2cc[nH]c2c1. The highest BCUT2D eigenvalue weighted by molar-refractivity contribution is 5.96. The number of fused-ring (bicyclic) bond motifs is 1. The number of H-pyrrole nitrogens is 1. The van der Waals surface area contributed by atoms with E-state index in [0.717, 1.165) is 17.8 Å². The fourth-order valence-corrected chi connectivity index (χ4v) is 1.20. The zero-order valence-electron chi connectivity index (χ0n) is 8.73. The normalized spacial score (nSPS) is 9.31. The Morgan fingerprint density at radius 3 is 2.50 bits per heavy atom. The fourth-order valence-electron chi connectivity index (χ4n) is 1.20. The van der Waals surface area contributed by atoms with Crippen molar-refractivity contribution in [2.24, 2.45) is 5.73 Å². The summed E-state index contributed by atoms with van der Waals surface area (Å²) in [5.74, 6) is -1.23. The Labute approximate surface area is 91.9 Å². The summed E-state index contributed by atoms with van der Waals surface area (Å²) < 4.78 is 0. The molecule has 0 aliphatic rings. The van der Waals surface area contributed by atoms with E-state index in [2.05, 4.69) is 4.98 Å². The summed E-state index contributed by atoms with van der Waals surface area (Å²) in [6.07, 6.45) is 1.83. The number of carbonyl (C=O) groups is 2. The van der Waals surface area contributed by atoms with Gasteiger partial charge in [0.25, 0.3) is 5.97 Å². The lowest BCUT2D eigenvalue weighted by atomic mass is 10.1. The molecule has 2 aromatic rings. The van der Waals surface area contributed by atoms with Crippen LogP contribution < -0.4 is 5.73 Å². The molecular formula is C11H12N2O3. The monoisotopic (exact) mass is 220 g/mol. The first-order valence-corrected chi connectivity index (χ1v) is 4.57. The Bertz CT molecular complexity index is 513. The number of aromatic nitrogens is 1. The molecule has 1 aromatic carbocycles. The topological polar surface area (TPSA) is 96.2 Å². The number of rotatable bonds is 1. The summed E-state index contributed by atoms with van der Waals surface area (Å²) in [7, 11) is 0. The van der Waals surface area contributed by atoms with Crippen molar-refractivity contribution in [3.63, 3.8) is 0 Å². The molecule has 2 rings (SSSR count). The van der Waals surface area contributed by atoms with E-state index in [9.17, 15) is 4.79 Å². The number of hydrogen-bond acceptors (Lipinski definition) is 2. The van der Waals surface area contributed by atoms with Gasteiger partial charge in [-0.05, 0) is 23.6 Å². The van der Waals surface area contributed by atoms with Crippen LogP contribution in [0.15, 0.2) is 30.5 Å². The van der Waals surface area contributed by atoms with E-state index >= 15 is 0 Å². The number of amides is 1. The van der Waals surface area contributed by atoms with Gasteiger partial charge in [0.05, 0.1) is 0 Å². The highest BCUT2D eigenvalue weighted by atomic mass is 16.4. The third-order valence-electron chi connectivity index (χ3n) is 1.84. The van der Waals surface area contributed by atoms with E-state index in [0.29, 0.717) is 5.56 Å². The van der Waals surface area contributed by atoms with Crippen LogP contribution in [0.2, 0.25) is 0 Å². The lowest BCUT2D eigenvalue weighted by Gasteiger charge is -1.94. The van der Waals surface area contributed by atoms with Crippen LogP contribution in [-0.2, 0) is 4.79 Å². The first kappa shape index (κ1) is 11.8. The lowest BCUT2D eigenvalue weighted by Crippen LogP contribution is -2.10. The number of carbonyl (C=O) groups excluding carboxylic acids is 1. The number of carboxylic acid groups (broad SMARTS) is 1. The van der Waals surface area contributed by atoms with Crippen LogP contribution in [0.1, 0.15) is 17.3 Å². The number of benzene rings is 1. The van der Waals surface area contributed by atoms with Gasteiger partial charge in [-0.2, -0.15) is 0 Å². The van der Waals surface area contributed by atoms with Gasteiger partial charge in [-0.3, -0.25) is 9.59 Å². The van der Waals surface area contributed by atoms with Crippen molar-refractivity contribution in [1.29, 1.82) is 0 Å². The van der Waals surface area contributed by atoms with E-state index in [4.69, 9.17) is 15.6 Å². The van der Waals surface area contributed by atoms with Crippen LogP contribution >= 0.6 is 0 Å². The van der Waals surface area contributed by atoms with Crippen LogP contribution in [0.4, 0.5) is 0 Å². The van der Waals surface area contributed by atoms with E-state index in [1.807, 2.05) is 18.3 Å². The summed E-state index contributed by atoms with van der Waals surface area (Å²) in [6.45, 7) is 1.08. The van der Waals surface area contributed by atoms with Crippen LogP contribution in [0.5, 0.6) is 0 Å². The van der Waals surface area contributed by atoms with Gasteiger partial charge >= 0.3 is 0 Å². The van der Waals surface area contributed by atoms with Crippen LogP contribution in [0, 0.1) is 0 Å². The number of primary amides is 1. The minimum absolute atomic E-state index is 0.397. The third kappa shape index (κ3) is 3.13. The van der Waals surface area contributed by atoms with Crippen molar-refractivity contribution in [3.05, 3.63) is 36.0 Å². The Morgan fingerprint density at radius 1 is 1.31 bits per heavy atom. The summed E-state index contributed by atoms with van der Waals surface area (Å²) >= 11 is 0. The Balaban J connectivity index is 0.000000280. The highest BCUT2D eigenvalue weighted by Gasteiger charge is 2.00. The predicted molar refractivity (Wildman–Crippen MR) is 60.1 cm³/mol. The Kier molecular flexibility index (Phi) is 3.66. The molecule has 0 bridgehead atoms. The van der Waals surface area contributed by atoms with Crippen molar-refractivity contribution >= 4 is 22.8 Å². The van der Waals surface area contributed by atoms with E-state index in [1.165, 1.54) is 0 Å². The van der Waals surface area contributed by atoms with Crippen molar-refractivity contribution in [1.82, 2.24) is 4.98 Å².